The number of hydrogen-bond acceptors (Lipinski definition) is 6. The first-order chi connectivity index (χ1) is 11.7. The Kier molecular flexibility index (Phi) is 4.74. The Bertz CT molecular complexity index is 780. The topological polar surface area (TPSA) is 70.3 Å². The van der Waals surface area contributed by atoms with Crippen molar-refractivity contribution in [3.05, 3.63) is 54.0 Å². The monoisotopic (exact) mass is 325 g/mol. The van der Waals surface area contributed by atoms with Gasteiger partial charge in [-0.1, -0.05) is 31.1 Å². The van der Waals surface area contributed by atoms with E-state index < -0.39 is 0 Å². The van der Waals surface area contributed by atoms with Gasteiger partial charge in [0.15, 0.2) is 0 Å². The van der Waals surface area contributed by atoms with E-state index in [1.54, 1.807) is 13.3 Å². The van der Waals surface area contributed by atoms with Crippen LogP contribution in [0.1, 0.15) is 31.2 Å². The van der Waals surface area contributed by atoms with Gasteiger partial charge in [0.25, 0.3) is 0 Å². The Morgan fingerprint density at radius 2 is 1.79 bits per heavy atom. The summed E-state index contributed by atoms with van der Waals surface area (Å²) in [7, 11) is 1.65. The molecule has 0 atom stereocenters. The summed E-state index contributed by atoms with van der Waals surface area (Å²) in [5.41, 5.74) is 1.71. The third-order valence-corrected chi connectivity index (χ3v) is 3.47. The summed E-state index contributed by atoms with van der Waals surface area (Å²) in [6.45, 7) is 4.46. The van der Waals surface area contributed by atoms with Crippen LogP contribution in [-0.2, 0) is 6.61 Å². The van der Waals surface area contributed by atoms with Crippen LogP contribution in [0, 0.1) is 0 Å². The lowest BCUT2D eigenvalue weighted by Gasteiger charge is -2.07. The molecular formula is C18H19N3O3. The van der Waals surface area contributed by atoms with Gasteiger partial charge in [-0.05, 0) is 29.8 Å². The van der Waals surface area contributed by atoms with Gasteiger partial charge in [0.05, 0.1) is 13.3 Å². The normalized spacial score (nSPS) is 10.8. The molecule has 0 aliphatic rings. The van der Waals surface area contributed by atoms with Crippen LogP contribution in [0.3, 0.4) is 0 Å². The standard InChI is InChI=1S/C18H19N3O3/c1-12(2)18-20-17(21-24-18)16-9-8-15(10-19-16)23-11-13-4-6-14(22-3)7-5-13/h4-10,12H,11H2,1-3H3. The maximum atomic E-state index is 5.73. The molecule has 0 radical (unpaired) electrons. The number of pyridine rings is 1. The van der Waals surface area contributed by atoms with Crippen molar-refractivity contribution in [2.45, 2.75) is 26.4 Å². The fourth-order valence-electron chi connectivity index (χ4n) is 2.06. The molecule has 2 heterocycles. The average molecular weight is 325 g/mol. The van der Waals surface area contributed by atoms with Gasteiger partial charge in [-0.15, -0.1) is 0 Å². The Morgan fingerprint density at radius 1 is 1.04 bits per heavy atom. The van der Waals surface area contributed by atoms with Crippen molar-refractivity contribution in [1.82, 2.24) is 15.1 Å². The number of hydrogen-bond donors (Lipinski definition) is 0. The lowest BCUT2D eigenvalue weighted by Crippen LogP contribution is -1.96. The third kappa shape index (κ3) is 3.71. The number of methoxy groups -OCH3 is 1. The number of aromatic nitrogens is 3. The zero-order chi connectivity index (χ0) is 16.9. The summed E-state index contributed by atoms with van der Waals surface area (Å²) in [6.07, 6.45) is 1.66. The quantitative estimate of drug-likeness (QED) is 0.686. The summed E-state index contributed by atoms with van der Waals surface area (Å²) in [5, 5.41) is 3.95. The Morgan fingerprint density at radius 3 is 2.38 bits per heavy atom. The van der Waals surface area contributed by atoms with Crippen LogP contribution in [0.15, 0.2) is 47.1 Å². The van der Waals surface area contributed by atoms with E-state index in [1.165, 1.54) is 0 Å². The average Bonchev–Trinajstić information content (AvgIpc) is 3.11. The van der Waals surface area contributed by atoms with Gasteiger partial charge in [0, 0.05) is 5.92 Å². The minimum Gasteiger partial charge on any atom is -0.497 e. The molecule has 1 aromatic carbocycles. The summed E-state index contributed by atoms with van der Waals surface area (Å²) in [6, 6.07) is 11.4. The largest absolute Gasteiger partial charge is 0.497 e. The van der Waals surface area contributed by atoms with E-state index in [0.717, 1.165) is 11.3 Å². The molecule has 0 bridgehead atoms. The van der Waals surface area contributed by atoms with E-state index in [9.17, 15) is 0 Å². The predicted molar refractivity (Wildman–Crippen MR) is 88.9 cm³/mol. The number of benzene rings is 1. The molecule has 0 spiro atoms. The van der Waals surface area contributed by atoms with Crippen LogP contribution in [0.4, 0.5) is 0 Å². The molecule has 3 aromatic rings. The molecule has 0 amide bonds. The van der Waals surface area contributed by atoms with E-state index in [-0.39, 0.29) is 5.92 Å². The fourth-order valence-corrected chi connectivity index (χ4v) is 2.06. The van der Waals surface area contributed by atoms with Crippen molar-refractivity contribution in [2.75, 3.05) is 7.11 Å². The van der Waals surface area contributed by atoms with Gasteiger partial charge >= 0.3 is 0 Å². The van der Waals surface area contributed by atoms with Crippen LogP contribution in [0.5, 0.6) is 11.5 Å². The van der Waals surface area contributed by atoms with E-state index in [1.807, 2.05) is 50.2 Å². The van der Waals surface area contributed by atoms with E-state index >= 15 is 0 Å². The Hall–Kier alpha value is -2.89. The van der Waals surface area contributed by atoms with Crippen LogP contribution in [-0.4, -0.2) is 22.2 Å². The first kappa shape index (κ1) is 16.0. The highest BCUT2D eigenvalue weighted by Crippen LogP contribution is 2.20. The van der Waals surface area contributed by atoms with Crippen molar-refractivity contribution in [1.29, 1.82) is 0 Å². The minimum atomic E-state index is 0.193. The van der Waals surface area contributed by atoms with Crippen molar-refractivity contribution < 1.29 is 14.0 Å². The van der Waals surface area contributed by atoms with Crippen LogP contribution < -0.4 is 9.47 Å². The van der Waals surface area contributed by atoms with Crippen LogP contribution in [0.2, 0.25) is 0 Å². The van der Waals surface area contributed by atoms with Gasteiger partial charge in [-0.25, -0.2) is 4.98 Å². The molecule has 0 aliphatic carbocycles. The van der Waals surface area contributed by atoms with Gasteiger partial charge in [-0.3, -0.25) is 0 Å². The molecule has 3 rings (SSSR count). The van der Waals surface area contributed by atoms with Gasteiger partial charge < -0.3 is 14.0 Å². The number of nitrogens with zero attached hydrogens (tertiary/aromatic N) is 3. The molecule has 0 unspecified atom stereocenters. The number of ether oxygens (including phenoxy) is 2. The predicted octanol–water partition coefficient (Wildman–Crippen LogP) is 3.84. The second-order valence-electron chi connectivity index (χ2n) is 5.63. The second-order valence-corrected chi connectivity index (χ2v) is 5.63. The van der Waals surface area contributed by atoms with E-state index in [2.05, 4.69) is 15.1 Å². The molecule has 0 saturated carbocycles. The van der Waals surface area contributed by atoms with Crippen LogP contribution in [0.25, 0.3) is 11.5 Å². The SMILES string of the molecule is COc1ccc(COc2ccc(-c3noc(C(C)C)n3)nc2)cc1. The number of rotatable bonds is 6. The van der Waals surface area contributed by atoms with Gasteiger partial charge in [0.1, 0.15) is 23.8 Å². The van der Waals surface area contributed by atoms with Crippen molar-refractivity contribution in [3.63, 3.8) is 0 Å². The zero-order valence-electron chi connectivity index (χ0n) is 13.9. The first-order valence-corrected chi connectivity index (χ1v) is 7.71. The summed E-state index contributed by atoms with van der Waals surface area (Å²) in [5.74, 6) is 2.79. The first-order valence-electron chi connectivity index (χ1n) is 7.71. The Balaban J connectivity index is 1.63. The molecule has 2 aromatic heterocycles. The smallest absolute Gasteiger partial charge is 0.229 e. The molecule has 0 saturated heterocycles. The molecule has 6 nitrogen and oxygen atoms in total. The molecule has 6 heteroatoms. The van der Waals surface area contributed by atoms with Crippen molar-refractivity contribution in [2.24, 2.45) is 0 Å². The van der Waals surface area contributed by atoms with Crippen molar-refractivity contribution >= 4 is 0 Å². The maximum Gasteiger partial charge on any atom is 0.229 e. The van der Waals surface area contributed by atoms with Crippen molar-refractivity contribution in [3.8, 4) is 23.0 Å². The minimum absolute atomic E-state index is 0.193. The van der Waals surface area contributed by atoms with E-state index in [4.69, 9.17) is 14.0 Å². The molecule has 0 fully saturated rings. The third-order valence-electron chi connectivity index (χ3n) is 3.47. The molecule has 0 N–H and O–H groups in total. The molecule has 24 heavy (non-hydrogen) atoms. The zero-order valence-corrected chi connectivity index (χ0v) is 13.9. The lowest BCUT2D eigenvalue weighted by molar-refractivity contribution is 0.305. The molecular weight excluding hydrogens is 306 g/mol. The highest BCUT2D eigenvalue weighted by molar-refractivity contribution is 5.48. The highest BCUT2D eigenvalue weighted by Gasteiger charge is 2.12. The summed E-state index contributed by atoms with van der Waals surface area (Å²) < 4.78 is 16.1. The van der Waals surface area contributed by atoms with E-state index in [0.29, 0.717) is 29.8 Å². The molecule has 0 aliphatic heterocycles. The van der Waals surface area contributed by atoms with Gasteiger partial charge in [0.2, 0.25) is 11.7 Å². The fraction of sp³-hybridized carbons (Fsp3) is 0.278. The lowest BCUT2D eigenvalue weighted by atomic mass is 10.2. The molecule has 124 valence electrons. The maximum absolute atomic E-state index is 5.73. The second kappa shape index (κ2) is 7.12. The highest BCUT2D eigenvalue weighted by atomic mass is 16.5. The van der Waals surface area contributed by atoms with Gasteiger partial charge in [-0.2, -0.15) is 4.98 Å². The van der Waals surface area contributed by atoms with Crippen LogP contribution >= 0.6 is 0 Å². The summed E-state index contributed by atoms with van der Waals surface area (Å²) >= 11 is 0. The Labute approximate surface area is 140 Å². The summed E-state index contributed by atoms with van der Waals surface area (Å²) in [4.78, 5) is 8.66.